The van der Waals surface area contributed by atoms with Gasteiger partial charge in [-0.3, -0.25) is 4.40 Å². The number of fused-ring (bicyclic) bond motifs is 1. The maximum absolute atomic E-state index is 13.2. The fourth-order valence-electron chi connectivity index (χ4n) is 1.33. The molecule has 0 aliphatic rings. The van der Waals surface area contributed by atoms with Crippen molar-refractivity contribution in [2.24, 2.45) is 0 Å². The minimum atomic E-state index is -0.553. The van der Waals surface area contributed by atoms with E-state index in [-0.39, 0.29) is 17.9 Å². The highest BCUT2D eigenvalue weighted by atomic mass is 19.1. The summed E-state index contributed by atoms with van der Waals surface area (Å²) < 4.78 is 19.4. The molecule has 2 rings (SSSR count). The van der Waals surface area contributed by atoms with Gasteiger partial charge in [-0.05, 0) is 19.1 Å². The lowest BCUT2D eigenvalue weighted by Gasteiger charge is -2.00. The maximum Gasteiger partial charge on any atom is 0.374 e. The van der Waals surface area contributed by atoms with Crippen molar-refractivity contribution in [3.8, 4) is 0 Å². The van der Waals surface area contributed by atoms with E-state index >= 15 is 0 Å². The molecular formula is C10H9FN2O2. The van der Waals surface area contributed by atoms with Crippen LogP contribution in [0.25, 0.3) is 5.52 Å². The molecule has 0 amide bonds. The number of nitrogens with zero attached hydrogens (tertiary/aromatic N) is 2. The zero-order chi connectivity index (χ0) is 10.8. The van der Waals surface area contributed by atoms with E-state index < -0.39 is 11.8 Å². The highest BCUT2D eigenvalue weighted by molar-refractivity contribution is 5.86. The van der Waals surface area contributed by atoms with E-state index in [0.29, 0.717) is 0 Å². The highest BCUT2D eigenvalue weighted by Gasteiger charge is 2.14. The van der Waals surface area contributed by atoms with Crippen molar-refractivity contribution >= 4 is 11.5 Å². The molecule has 0 aromatic carbocycles. The number of imidazole rings is 1. The first-order chi connectivity index (χ1) is 7.24. The van der Waals surface area contributed by atoms with Gasteiger partial charge in [0.15, 0.2) is 0 Å². The Morgan fingerprint density at radius 2 is 2.47 bits per heavy atom. The van der Waals surface area contributed by atoms with E-state index in [0.717, 1.165) is 0 Å². The summed E-state index contributed by atoms with van der Waals surface area (Å²) in [7, 11) is 0. The lowest BCUT2D eigenvalue weighted by atomic mass is 10.4. The van der Waals surface area contributed by atoms with Crippen molar-refractivity contribution in [1.82, 2.24) is 9.38 Å². The molecule has 2 aromatic heterocycles. The standard InChI is InChI=1S/C10H9FN2O2/c1-2-15-10(14)9-12-6-8-7(11)4-3-5-13(8)9/h3-6H,2H2,1H3. The summed E-state index contributed by atoms with van der Waals surface area (Å²) in [6.45, 7) is 1.97. The van der Waals surface area contributed by atoms with Gasteiger partial charge in [-0.25, -0.2) is 14.2 Å². The molecule has 0 aliphatic heterocycles. The van der Waals surface area contributed by atoms with Crippen LogP contribution in [-0.2, 0) is 4.74 Å². The molecule has 0 aliphatic carbocycles. The maximum atomic E-state index is 13.2. The average Bonchev–Trinajstić information content (AvgIpc) is 2.63. The van der Waals surface area contributed by atoms with Gasteiger partial charge in [-0.2, -0.15) is 0 Å². The predicted molar refractivity (Wildman–Crippen MR) is 51.1 cm³/mol. The van der Waals surface area contributed by atoms with E-state index in [4.69, 9.17) is 4.74 Å². The Kier molecular flexibility index (Phi) is 2.37. The largest absolute Gasteiger partial charge is 0.460 e. The van der Waals surface area contributed by atoms with Gasteiger partial charge in [0.25, 0.3) is 0 Å². The van der Waals surface area contributed by atoms with E-state index in [1.807, 2.05) is 0 Å². The second-order valence-electron chi connectivity index (χ2n) is 2.91. The van der Waals surface area contributed by atoms with Gasteiger partial charge in [-0.1, -0.05) is 0 Å². The van der Waals surface area contributed by atoms with E-state index in [9.17, 15) is 9.18 Å². The molecule has 0 saturated heterocycles. The number of halogens is 1. The van der Waals surface area contributed by atoms with Gasteiger partial charge >= 0.3 is 5.97 Å². The third-order valence-electron chi connectivity index (χ3n) is 1.98. The SMILES string of the molecule is CCOC(=O)c1ncc2c(F)cccn12. The van der Waals surface area contributed by atoms with Crippen molar-refractivity contribution in [1.29, 1.82) is 0 Å². The molecular weight excluding hydrogens is 199 g/mol. The van der Waals surface area contributed by atoms with E-state index in [1.165, 1.54) is 22.7 Å². The molecule has 78 valence electrons. The molecule has 5 heteroatoms. The number of esters is 1. The number of hydrogen-bond donors (Lipinski definition) is 0. The van der Waals surface area contributed by atoms with Crippen LogP contribution in [-0.4, -0.2) is 22.0 Å². The lowest BCUT2D eigenvalue weighted by Crippen LogP contribution is -2.09. The monoisotopic (exact) mass is 208 g/mol. The minimum Gasteiger partial charge on any atom is -0.460 e. The average molecular weight is 208 g/mol. The smallest absolute Gasteiger partial charge is 0.374 e. The number of pyridine rings is 1. The molecule has 0 atom stereocenters. The molecule has 2 aromatic rings. The number of ether oxygens (including phenoxy) is 1. The first-order valence-corrected chi connectivity index (χ1v) is 4.52. The number of carbonyl (C=O) groups excluding carboxylic acids is 1. The Balaban J connectivity index is 2.54. The van der Waals surface area contributed by atoms with Crippen LogP contribution >= 0.6 is 0 Å². The molecule has 0 spiro atoms. The third-order valence-corrected chi connectivity index (χ3v) is 1.98. The molecule has 15 heavy (non-hydrogen) atoms. The molecule has 0 unspecified atom stereocenters. The molecule has 0 fully saturated rings. The van der Waals surface area contributed by atoms with Crippen LogP contribution in [0, 0.1) is 5.82 Å². The quantitative estimate of drug-likeness (QED) is 0.705. The first-order valence-electron chi connectivity index (χ1n) is 4.52. The van der Waals surface area contributed by atoms with Crippen LogP contribution in [0.3, 0.4) is 0 Å². The predicted octanol–water partition coefficient (Wildman–Crippen LogP) is 1.65. The summed E-state index contributed by atoms with van der Waals surface area (Å²) in [6.07, 6.45) is 2.87. The molecule has 2 heterocycles. The summed E-state index contributed by atoms with van der Waals surface area (Å²) >= 11 is 0. The topological polar surface area (TPSA) is 43.6 Å². The fraction of sp³-hybridized carbons (Fsp3) is 0.200. The summed E-state index contributed by atoms with van der Waals surface area (Å²) in [4.78, 5) is 15.2. The third kappa shape index (κ3) is 1.56. The number of aromatic nitrogens is 2. The Labute approximate surface area is 85.3 Å². The van der Waals surface area contributed by atoms with Crippen LogP contribution in [0.1, 0.15) is 17.5 Å². The second-order valence-corrected chi connectivity index (χ2v) is 2.91. The molecule has 0 saturated carbocycles. The molecule has 0 radical (unpaired) electrons. The molecule has 4 nitrogen and oxygen atoms in total. The minimum absolute atomic E-state index is 0.0892. The van der Waals surface area contributed by atoms with Crippen molar-refractivity contribution in [3.05, 3.63) is 36.2 Å². The van der Waals surface area contributed by atoms with Gasteiger partial charge in [0.05, 0.1) is 12.8 Å². The zero-order valence-electron chi connectivity index (χ0n) is 8.11. The van der Waals surface area contributed by atoms with Crippen molar-refractivity contribution < 1.29 is 13.9 Å². The van der Waals surface area contributed by atoms with Crippen LogP contribution in [0.15, 0.2) is 24.5 Å². The van der Waals surface area contributed by atoms with Gasteiger partial charge in [0.2, 0.25) is 5.82 Å². The Hall–Kier alpha value is -1.91. The Morgan fingerprint density at radius 1 is 1.67 bits per heavy atom. The first kappa shape index (κ1) is 9.64. The van der Waals surface area contributed by atoms with Crippen LogP contribution < -0.4 is 0 Å². The van der Waals surface area contributed by atoms with Gasteiger partial charge < -0.3 is 4.74 Å². The van der Waals surface area contributed by atoms with Crippen LogP contribution in [0.4, 0.5) is 4.39 Å². The number of rotatable bonds is 2. The zero-order valence-corrected chi connectivity index (χ0v) is 8.11. The molecule has 0 N–H and O–H groups in total. The van der Waals surface area contributed by atoms with Crippen molar-refractivity contribution in [2.45, 2.75) is 6.92 Å². The van der Waals surface area contributed by atoms with Gasteiger partial charge in [-0.15, -0.1) is 0 Å². The summed E-state index contributed by atoms with van der Waals surface area (Å²) in [5.41, 5.74) is 0.264. The second kappa shape index (κ2) is 3.68. The lowest BCUT2D eigenvalue weighted by molar-refractivity contribution is 0.0511. The summed E-state index contributed by atoms with van der Waals surface area (Å²) in [5.74, 6) is -0.880. The van der Waals surface area contributed by atoms with E-state index in [2.05, 4.69) is 4.98 Å². The van der Waals surface area contributed by atoms with Crippen molar-refractivity contribution in [2.75, 3.05) is 6.61 Å². The number of carbonyl (C=O) groups is 1. The normalized spacial score (nSPS) is 10.5. The highest BCUT2D eigenvalue weighted by Crippen LogP contribution is 2.11. The summed E-state index contributed by atoms with van der Waals surface area (Å²) in [5, 5.41) is 0. The Morgan fingerprint density at radius 3 is 3.20 bits per heavy atom. The summed E-state index contributed by atoms with van der Waals surface area (Å²) in [6, 6.07) is 2.82. The van der Waals surface area contributed by atoms with Crippen molar-refractivity contribution in [3.63, 3.8) is 0 Å². The van der Waals surface area contributed by atoms with Crippen LogP contribution in [0.5, 0.6) is 0 Å². The fourth-order valence-corrected chi connectivity index (χ4v) is 1.33. The molecule has 0 bridgehead atoms. The van der Waals surface area contributed by atoms with Gasteiger partial charge in [0, 0.05) is 6.20 Å². The van der Waals surface area contributed by atoms with E-state index in [1.54, 1.807) is 13.1 Å². The van der Waals surface area contributed by atoms with Gasteiger partial charge in [0.1, 0.15) is 11.3 Å². The van der Waals surface area contributed by atoms with Crippen LogP contribution in [0.2, 0.25) is 0 Å². The number of hydrogen-bond acceptors (Lipinski definition) is 3. The Bertz CT molecular complexity index is 507.